The van der Waals surface area contributed by atoms with Crippen LogP contribution in [0.25, 0.3) is 11.2 Å². The predicted octanol–water partition coefficient (Wildman–Crippen LogP) is 3.35. The van der Waals surface area contributed by atoms with Crippen molar-refractivity contribution in [1.29, 1.82) is 0 Å². The van der Waals surface area contributed by atoms with Crippen molar-refractivity contribution in [2.24, 2.45) is 0 Å². The van der Waals surface area contributed by atoms with Crippen LogP contribution >= 0.6 is 0 Å². The maximum absolute atomic E-state index is 13.2. The standard InChI is InChI=1S/C33H35N5O10/c1-9-33(14-44-24(41)13-32(7,8)25-17(3)10-16(2)11-21(25)46-20(6)39)22(40)12-23(48-33)38-15-34-26-28(35-19(5)36-29(26)38)37-30(42)27-18(4)45-31(43)47-27/h1,10-11,15,22-23,40H,12-14H2,2-8H3,(H,35,36,37,42)/t22-,23+,33+/m0/s1. The summed E-state index contributed by atoms with van der Waals surface area (Å²) < 4.78 is 28.3. The van der Waals surface area contributed by atoms with Crippen molar-refractivity contribution in [3.63, 3.8) is 0 Å². The molecule has 3 aromatic heterocycles. The lowest BCUT2D eigenvalue weighted by molar-refractivity contribution is -0.157. The molecule has 2 N–H and O–H groups in total. The molecular formula is C33H35N5O10. The molecule has 0 spiro atoms. The molecule has 0 radical (unpaired) electrons. The van der Waals surface area contributed by atoms with Crippen LogP contribution in [0.1, 0.15) is 78.7 Å². The topological polar surface area (TPSA) is 198 Å². The van der Waals surface area contributed by atoms with Gasteiger partial charge in [-0.05, 0) is 44.9 Å². The van der Waals surface area contributed by atoms with E-state index >= 15 is 0 Å². The first kappa shape index (κ1) is 34.0. The number of nitrogens with zero attached hydrogens (tertiary/aromatic N) is 4. The molecule has 1 fully saturated rings. The minimum Gasteiger partial charge on any atom is -0.461 e. The van der Waals surface area contributed by atoms with Gasteiger partial charge in [0.1, 0.15) is 30.5 Å². The molecule has 0 aliphatic carbocycles. The van der Waals surface area contributed by atoms with E-state index in [0.29, 0.717) is 11.3 Å². The van der Waals surface area contributed by atoms with Gasteiger partial charge in [-0.2, -0.15) is 0 Å². The minimum absolute atomic E-state index is 0.00285. The molecule has 1 aliphatic rings. The van der Waals surface area contributed by atoms with E-state index in [0.717, 1.165) is 11.1 Å². The first-order valence-corrected chi connectivity index (χ1v) is 15.0. The Morgan fingerprint density at radius 2 is 1.92 bits per heavy atom. The summed E-state index contributed by atoms with van der Waals surface area (Å²) in [5.41, 5.74) is 0.372. The van der Waals surface area contributed by atoms with E-state index in [4.69, 9.17) is 29.5 Å². The number of carbonyl (C=O) groups excluding carboxylic acids is 3. The van der Waals surface area contributed by atoms with Gasteiger partial charge in [0.2, 0.25) is 5.76 Å². The number of hydrogen-bond donors (Lipinski definition) is 2. The molecular weight excluding hydrogens is 626 g/mol. The van der Waals surface area contributed by atoms with E-state index < -0.39 is 53.6 Å². The molecule has 4 heterocycles. The van der Waals surface area contributed by atoms with Gasteiger partial charge in [0.15, 0.2) is 28.3 Å². The number of terminal acetylenes is 1. The smallest absolute Gasteiger partial charge is 0.461 e. The fourth-order valence-corrected chi connectivity index (χ4v) is 5.98. The third-order valence-electron chi connectivity index (χ3n) is 7.99. The van der Waals surface area contributed by atoms with Crippen molar-refractivity contribution in [2.45, 2.75) is 84.7 Å². The number of hydrogen-bond acceptors (Lipinski definition) is 13. The van der Waals surface area contributed by atoms with E-state index in [1.807, 2.05) is 33.8 Å². The van der Waals surface area contributed by atoms with Gasteiger partial charge < -0.3 is 33.5 Å². The maximum atomic E-state index is 13.2. The molecule has 0 unspecified atom stereocenters. The fourth-order valence-electron chi connectivity index (χ4n) is 5.98. The summed E-state index contributed by atoms with van der Waals surface area (Å²) in [5, 5.41) is 13.6. The Bertz CT molecular complexity index is 2030. The highest BCUT2D eigenvalue weighted by atomic mass is 16.6. The normalized spacial score (nSPS) is 19.2. The maximum Gasteiger partial charge on any atom is 0.519 e. The van der Waals surface area contributed by atoms with E-state index in [9.17, 15) is 24.3 Å². The van der Waals surface area contributed by atoms with Gasteiger partial charge >= 0.3 is 17.8 Å². The highest BCUT2D eigenvalue weighted by molar-refractivity contribution is 6.05. The van der Waals surface area contributed by atoms with Gasteiger partial charge in [-0.1, -0.05) is 25.8 Å². The number of aryl methyl sites for hydroxylation is 4. The van der Waals surface area contributed by atoms with Gasteiger partial charge in [0.25, 0.3) is 5.91 Å². The number of fused-ring (bicyclic) bond motifs is 1. The van der Waals surface area contributed by atoms with Crippen LogP contribution < -0.4 is 15.9 Å². The average molecular weight is 662 g/mol. The summed E-state index contributed by atoms with van der Waals surface area (Å²) >= 11 is 0. The Labute approximate surface area is 274 Å². The number of aliphatic hydroxyl groups excluding tert-OH is 1. The number of amides is 1. The number of ether oxygens (including phenoxy) is 3. The number of imidazole rings is 1. The number of carbonyl (C=O) groups is 3. The monoisotopic (exact) mass is 661 g/mol. The van der Waals surface area contributed by atoms with Crippen LogP contribution in [0.2, 0.25) is 0 Å². The van der Waals surface area contributed by atoms with Crippen LogP contribution in [-0.4, -0.2) is 60.8 Å². The SMILES string of the molecule is C#C[C@]1(COC(=O)CC(C)(C)c2c(C)cc(C)cc2OC(C)=O)O[C@@H](n2cnc3c(NC(=O)c4oc(=O)oc4C)nc(C)nc32)C[C@@H]1O. The lowest BCUT2D eigenvalue weighted by Gasteiger charge is -2.30. The van der Waals surface area contributed by atoms with E-state index in [1.54, 1.807) is 13.0 Å². The molecule has 1 aliphatic heterocycles. The molecule has 15 nitrogen and oxygen atoms in total. The molecule has 252 valence electrons. The number of anilines is 1. The van der Waals surface area contributed by atoms with Gasteiger partial charge in [0, 0.05) is 24.3 Å². The highest BCUT2D eigenvalue weighted by Crippen LogP contribution is 2.40. The first-order valence-electron chi connectivity index (χ1n) is 15.0. The Hall–Kier alpha value is -5.33. The predicted molar refractivity (Wildman–Crippen MR) is 168 cm³/mol. The third-order valence-corrected chi connectivity index (χ3v) is 7.99. The van der Waals surface area contributed by atoms with E-state index in [2.05, 4.69) is 26.2 Å². The van der Waals surface area contributed by atoms with Crippen LogP contribution in [0.5, 0.6) is 5.75 Å². The molecule has 0 bridgehead atoms. The zero-order valence-electron chi connectivity index (χ0n) is 27.5. The molecule has 0 saturated carbocycles. The Morgan fingerprint density at radius 3 is 2.56 bits per heavy atom. The van der Waals surface area contributed by atoms with Gasteiger partial charge in [-0.3, -0.25) is 19.0 Å². The van der Waals surface area contributed by atoms with Crippen LogP contribution in [-0.2, 0) is 24.5 Å². The van der Waals surface area contributed by atoms with Crippen molar-refractivity contribution >= 4 is 34.8 Å². The van der Waals surface area contributed by atoms with Crippen molar-refractivity contribution in [1.82, 2.24) is 19.5 Å². The summed E-state index contributed by atoms with van der Waals surface area (Å²) in [4.78, 5) is 62.2. The number of aliphatic hydroxyl groups is 1. The molecule has 5 rings (SSSR count). The number of benzene rings is 1. The number of rotatable bonds is 9. The summed E-state index contributed by atoms with van der Waals surface area (Å²) in [5.74, 6) is -0.0928. The van der Waals surface area contributed by atoms with Crippen molar-refractivity contribution in [2.75, 3.05) is 11.9 Å². The molecule has 1 amide bonds. The number of esters is 2. The number of aromatic nitrogens is 4. The van der Waals surface area contributed by atoms with E-state index in [1.165, 1.54) is 24.7 Å². The Balaban J connectivity index is 1.33. The molecule has 4 aromatic rings. The lowest BCUT2D eigenvalue weighted by atomic mass is 9.78. The summed E-state index contributed by atoms with van der Waals surface area (Å²) in [7, 11) is 0. The Kier molecular flexibility index (Phi) is 9.00. The van der Waals surface area contributed by atoms with Crippen molar-refractivity contribution in [3.05, 3.63) is 63.1 Å². The third kappa shape index (κ3) is 6.57. The summed E-state index contributed by atoms with van der Waals surface area (Å²) in [6, 6.07) is 3.68. The van der Waals surface area contributed by atoms with Gasteiger partial charge in [-0.15, -0.1) is 6.42 Å². The second kappa shape index (κ2) is 12.7. The van der Waals surface area contributed by atoms with Crippen molar-refractivity contribution < 1.29 is 42.5 Å². The zero-order valence-corrected chi connectivity index (χ0v) is 27.5. The minimum atomic E-state index is -1.70. The fraction of sp³-hybridized carbons (Fsp3) is 0.424. The van der Waals surface area contributed by atoms with E-state index in [-0.39, 0.29) is 47.2 Å². The summed E-state index contributed by atoms with van der Waals surface area (Å²) in [6.45, 7) is 11.3. The quantitative estimate of drug-likeness (QED) is 0.151. The Morgan fingerprint density at radius 1 is 1.19 bits per heavy atom. The highest BCUT2D eigenvalue weighted by Gasteiger charge is 2.49. The van der Waals surface area contributed by atoms with Crippen LogP contribution in [0.4, 0.5) is 5.82 Å². The van der Waals surface area contributed by atoms with Crippen molar-refractivity contribution in [3.8, 4) is 18.1 Å². The average Bonchev–Trinajstić information content (AvgIpc) is 3.65. The second-order valence-electron chi connectivity index (χ2n) is 12.4. The largest absolute Gasteiger partial charge is 0.519 e. The molecule has 15 heteroatoms. The summed E-state index contributed by atoms with van der Waals surface area (Å²) in [6.07, 6.45) is 5.02. The van der Waals surface area contributed by atoms with Crippen LogP contribution in [0, 0.1) is 40.0 Å². The molecule has 1 saturated heterocycles. The van der Waals surface area contributed by atoms with Crippen LogP contribution in [0.3, 0.4) is 0 Å². The first-order chi connectivity index (χ1) is 22.5. The second-order valence-corrected chi connectivity index (χ2v) is 12.4. The van der Waals surface area contributed by atoms with Gasteiger partial charge in [0.05, 0.1) is 12.7 Å². The molecule has 3 atom stereocenters. The van der Waals surface area contributed by atoms with Gasteiger partial charge in [-0.25, -0.2) is 19.7 Å². The number of nitrogens with one attached hydrogen (secondary N) is 1. The molecule has 48 heavy (non-hydrogen) atoms. The lowest BCUT2D eigenvalue weighted by Crippen LogP contribution is -2.43. The molecule has 1 aromatic carbocycles. The zero-order chi connectivity index (χ0) is 35.1. The van der Waals surface area contributed by atoms with Crippen LogP contribution in [0.15, 0.2) is 32.1 Å².